The summed E-state index contributed by atoms with van der Waals surface area (Å²) in [5.41, 5.74) is 0.0660. The third-order valence-corrected chi connectivity index (χ3v) is 7.80. The van der Waals surface area contributed by atoms with Crippen molar-refractivity contribution in [2.45, 2.75) is 63.6 Å². The van der Waals surface area contributed by atoms with Crippen molar-refractivity contribution >= 4 is 11.8 Å². The molecule has 10 heteroatoms. The van der Waals surface area contributed by atoms with Crippen LogP contribution in [0.1, 0.15) is 57.7 Å². The maximum atomic E-state index is 14.1. The summed E-state index contributed by atoms with van der Waals surface area (Å²) in [6.07, 6.45) is 5.12. The number of nitrogens with one attached hydrogen (secondary N) is 2. The number of ether oxygens (including phenoxy) is 1. The SMILES string of the molecule is O=C(NCc1ccc(F)cc1F)c1cn2c(c(OCc3ccccc3)c1=O)C(=O)N1C(C2)NC2CCCCC21. The molecule has 2 amide bonds. The quantitative estimate of drug-likeness (QED) is 0.506. The Hall–Kier alpha value is -4.05. The summed E-state index contributed by atoms with van der Waals surface area (Å²) >= 11 is 0. The van der Waals surface area contributed by atoms with E-state index in [2.05, 4.69) is 10.6 Å². The van der Waals surface area contributed by atoms with Crippen molar-refractivity contribution < 1.29 is 23.1 Å². The van der Waals surface area contributed by atoms with Gasteiger partial charge in [0.1, 0.15) is 30.0 Å². The van der Waals surface area contributed by atoms with Crippen LogP contribution in [0.2, 0.25) is 0 Å². The van der Waals surface area contributed by atoms with E-state index in [9.17, 15) is 23.2 Å². The minimum Gasteiger partial charge on any atom is -0.483 e. The number of nitrogens with zero attached hydrogens (tertiary/aromatic N) is 2. The summed E-state index contributed by atoms with van der Waals surface area (Å²) in [5.74, 6) is -2.75. The number of aromatic nitrogens is 1. The highest BCUT2D eigenvalue weighted by Gasteiger charge is 2.48. The first kappa shape index (κ1) is 25.2. The zero-order chi connectivity index (χ0) is 27.1. The van der Waals surface area contributed by atoms with Gasteiger partial charge in [-0.25, -0.2) is 8.78 Å². The molecule has 1 saturated carbocycles. The number of fused-ring (bicyclic) bond motifs is 4. The number of carbonyl (C=O) groups excluding carboxylic acids is 2. The topological polar surface area (TPSA) is 92.7 Å². The van der Waals surface area contributed by atoms with E-state index in [1.165, 1.54) is 12.3 Å². The highest BCUT2D eigenvalue weighted by molar-refractivity contribution is 5.99. The van der Waals surface area contributed by atoms with E-state index >= 15 is 0 Å². The Morgan fingerprint density at radius 2 is 1.87 bits per heavy atom. The number of benzene rings is 2. The fourth-order valence-corrected chi connectivity index (χ4v) is 5.90. The van der Waals surface area contributed by atoms with E-state index in [1.807, 2.05) is 35.2 Å². The van der Waals surface area contributed by atoms with Crippen molar-refractivity contribution in [1.29, 1.82) is 0 Å². The Balaban J connectivity index is 1.35. The Labute approximate surface area is 223 Å². The average molecular weight is 535 g/mol. The lowest BCUT2D eigenvalue weighted by atomic mass is 9.91. The zero-order valence-electron chi connectivity index (χ0n) is 21.2. The first-order valence-corrected chi connectivity index (χ1v) is 13.2. The summed E-state index contributed by atoms with van der Waals surface area (Å²) in [7, 11) is 0. The normalized spacial score (nSPS) is 21.6. The third kappa shape index (κ3) is 4.69. The fourth-order valence-electron chi connectivity index (χ4n) is 5.90. The number of halogens is 2. The van der Waals surface area contributed by atoms with Crippen LogP contribution < -0.4 is 20.8 Å². The molecule has 8 nitrogen and oxygen atoms in total. The van der Waals surface area contributed by atoms with Crippen LogP contribution in [0, 0.1) is 11.6 Å². The largest absolute Gasteiger partial charge is 0.483 e. The molecule has 6 rings (SSSR count). The van der Waals surface area contributed by atoms with Gasteiger partial charge < -0.3 is 19.5 Å². The maximum absolute atomic E-state index is 14.1. The van der Waals surface area contributed by atoms with Gasteiger partial charge in [0, 0.05) is 36.5 Å². The zero-order valence-corrected chi connectivity index (χ0v) is 21.2. The van der Waals surface area contributed by atoms with Crippen LogP contribution in [0.15, 0.2) is 59.5 Å². The highest BCUT2D eigenvalue weighted by atomic mass is 19.1. The van der Waals surface area contributed by atoms with Gasteiger partial charge in [-0.1, -0.05) is 49.2 Å². The number of hydrogen-bond acceptors (Lipinski definition) is 5. The Kier molecular flexibility index (Phi) is 6.64. The smallest absolute Gasteiger partial charge is 0.276 e. The van der Waals surface area contributed by atoms with Crippen molar-refractivity contribution in [3.05, 3.63) is 99.0 Å². The standard InChI is InChI=1S/C29H28F2N4O4/c30-19-11-10-18(21(31)12-19)13-32-28(37)20-14-34-15-24-33-22-8-4-5-9-23(22)35(24)29(38)25(34)27(26(20)36)39-16-17-6-2-1-3-7-17/h1-3,6-7,10-12,14,22-24,33H,4-5,8-9,13,15-16H2,(H,32,37). The second-order valence-electron chi connectivity index (χ2n) is 10.2. The van der Waals surface area contributed by atoms with Crippen LogP contribution in [-0.2, 0) is 19.7 Å². The molecular weight excluding hydrogens is 506 g/mol. The number of hydrogen-bond donors (Lipinski definition) is 2. The van der Waals surface area contributed by atoms with Crippen molar-refractivity contribution in [3.8, 4) is 5.75 Å². The monoisotopic (exact) mass is 534 g/mol. The van der Waals surface area contributed by atoms with E-state index in [-0.39, 0.29) is 59.9 Å². The van der Waals surface area contributed by atoms with E-state index < -0.39 is 23.0 Å². The van der Waals surface area contributed by atoms with Crippen molar-refractivity contribution in [2.24, 2.45) is 0 Å². The molecule has 0 radical (unpaired) electrons. The summed E-state index contributed by atoms with van der Waals surface area (Å²) in [6.45, 7) is 0.144. The Morgan fingerprint density at radius 3 is 2.67 bits per heavy atom. The molecule has 3 aromatic rings. The molecular formula is C29H28F2N4O4. The molecule has 202 valence electrons. The predicted molar refractivity (Wildman–Crippen MR) is 138 cm³/mol. The molecule has 2 aliphatic heterocycles. The number of pyridine rings is 1. The van der Waals surface area contributed by atoms with Crippen LogP contribution in [-0.4, -0.2) is 39.5 Å². The molecule has 3 atom stereocenters. The molecule has 0 bridgehead atoms. The summed E-state index contributed by atoms with van der Waals surface area (Å²) < 4.78 is 35.0. The van der Waals surface area contributed by atoms with Crippen LogP contribution in [0.5, 0.6) is 5.75 Å². The van der Waals surface area contributed by atoms with Crippen LogP contribution in [0.3, 0.4) is 0 Å². The molecule has 1 aliphatic carbocycles. The Bertz CT molecular complexity index is 1490. The molecule has 2 fully saturated rings. The fraction of sp³-hybridized carbons (Fsp3) is 0.345. The molecule has 3 heterocycles. The van der Waals surface area contributed by atoms with E-state index in [4.69, 9.17) is 4.74 Å². The summed E-state index contributed by atoms with van der Waals surface area (Å²) in [5, 5.41) is 6.10. The van der Waals surface area contributed by atoms with Crippen LogP contribution in [0.25, 0.3) is 0 Å². The molecule has 2 N–H and O–H groups in total. The van der Waals surface area contributed by atoms with Gasteiger partial charge in [0.05, 0.1) is 6.54 Å². The van der Waals surface area contributed by atoms with Crippen LogP contribution in [0.4, 0.5) is 8.78 Å². The lowest BCUT2D eigenvalue weighted by molar-refractivity contribution is 0.0541. The molecule has 1 saturated heterocycles. The maximum Gasteiger partial charge on any atom is 0.276 e. The number of rotatable bonds is 6. The third-order valence-electron chi connectivity index (χ3n) is 7.80. The molecule has 0 spiro atoms. The molecule has 2 aromatic carbocycles. The molecule has 1 aromatic heterocycles. The van der Waals surface area contributed by atoms with Gasteiger partial charge >= 0.3 is 0 Å². The van der Waals surface area contributed by atoms with E-state index in [0.717, 1.165) is 43.4 Å². The van der Waals surface area contributed by atoms with Gasteiger partial charge in [0.25, 0.3) is 11.8 Å². The van der Waals surface area contributed by atoms with Crippen molar-refractivity contribution in [3.63, 3.8) is 0 Å². The van der Waals surface area contributed by atoms with Gasteiger partial charge in [-0.05, 0) is 24.5 Å². The van der Waals surface area contributed by atoms with Gasteiger partial charge in [0.15, 0.2) is 11.4 Å². The van der Waals surface area contributed by atoms with Crippen molar-refractivity contribution in [2.75, 3.05) is 0 Å². The second kappa shape index (κ2) is 10.3. The lowest BCUT2D eigenvalue weighted by Crippen LogP contribution is -2.52. The van der Waals surface area contributed by atoms with Gasteiger partial charge in [-0.3, -0.25) is 19.7 Å². The number of carbonyl (C=O) groups is 2. The second-order valence-corrected chi connectivity index (χ2v) is 10.2. The lowest BCUT2D eigenvalue weighted by Gasteiger charge is -2.37. The minimum atomic E-state index is -0.802. The molecule has 39 heavy (non-hydrogen) atoms. The van der Waals surface area contributed by atoms with Crippen LogP contribution >= 0.6 is 0 Å². The van der Waals surface area contributed by atoms with Gasteiger partial charge in [-0.15, -0.1) is 0 Å². The van der Waals surface area contributed by atoms with E-state index in [0.29, 0.717) is 6.54 Å². The first-order chi connectivity index (χ1) is 18.9. The van der Waals surface area contributed by atoms with Crippen molar-refractivity contribution in [1.82, 2.24) is 20.1 Å². The van der Waals surface area contributed by atoms with Gasteiger partial charge in [-0.2, -0.15) is 0 Å². The average Bonchev–Trinajstić information content (AvgIpc) is 3.31. The van der Waals surface area contributed by atoms with E-state index in [1.54, 1.807) is 4.57 Å². The number of amides is 2. The molecule has 3 aliphatic rings. The summed E-state index contributed by atoms with van der Waals surface area (Å²) in [6, 6.07) is 12.5. The Morgan fingerprint density at radius 1 is 1.08 bits per heavy atom. The predicted octanol–water partition coefficient (Wildman–Crippen LogP) is 3.33. The minimum absolute atomic E-state index is 0.0377. The first-order valence-electron chi connectivity index (χ1n) is 13.2. The van der Waals surface area contributed by atoms with Gasteiger partial charge in [0.2, 0.25) is 5.43 Å². The molecule has 3 unspecified atom stereocenters. The summed E-state index contributed by atoms with van der Waals surface area (Å²) in [4.78, 5) is 42.5. The highest BCUT2D eigenvalue weighted by Crippen LogP contribution is 2.35.